The van der Waals surface area contributed by atoms with Gasteiger partial charge in [0, 0.05) is 12.0 Å². The molecule has 0 radical (unpaired) electrons. The second kappa shape index (κ2) is 6.73. The number of anilines is 1. The van der Waals surface area contributed by atoms with E-state index in [9.17, 15) is 4.79 Å². The Labute approximate surface area is 147 Å². The van der Waals surface area contributed by atoms with E-state index in [1.54, 1.807) is 0 Å². The van der Waals surface area contributed by atoms with Crippen LogP contribution in [0.25, 0.3) is 0 Å². The summed E-state index contributed by atoms with van der Waals surface area (Å²) < 4.78 is 0. The molecule has 1 heterocycles. The highest BCUT2D eigenvalue weighted by molar-refractivity contribution is 6.03. The Hall–Kier alpha value is -3.20. The lowest BCUT2D eigenvalue weighted by Gasteiger charge is -2.23. The molecular formula is C22H18N2O. The van der Waals surface area contributed by atoms with Crippen LogP contribution < -0.4 is 5.01 Å². The number of hydrazone groups is 1. The molecule has 0 amide bonds. The molecule has 4 rings (SSSR count). The minimum Gasteiger partial charge on any atom is -0.298 e. The standard InChI is InChI=1S/C22H18N2O/c25-16-17-11-13-18(14-12-17)21-15-22(19-7-3-1-4-8-19)24(23-21)20-9-5-2-6-10-20/h1-14,16,22H,15H2. The average molecular weight is 326 g/mol. The Balaban J connectivity index is 1.72. The van der Waals surface area contributed by atoms with Crippen LogP contribution in [0.1, 0.15) is 33.9 Å². The van der Waals surface area contributed by atoms with Crippen molar-refractivity contribution in [1.82, 2.24) is 0 Å². The maximum Gasteiger partial charge on any atom is 0.150 e. The van der Waals surface area contributed by atoms with E-state index in [0.717, 1.165) is 29.7 Å². The zero-order valence-corrected chi connectivity index (χ0v) is 13.7. The third kappa shape index (κ3) is 3.09. The molecule has 0 saturated heterocycles. The van der Waals surface area contributed by atoms with Gasteiger partial charge in [0.25, 0.3) is 0 Å². The maximum atomic E-state index is 10.9. The average Bonchev–Trinajstić information content (AvgIpc) is 3.15. The van der Waals surface area contributed by atoms with Gasteiger partial charge in [-0.25, -0.2) is 0 Å². The van der Waals surface area contributed by atoms with E-state index >= 15 is 0 Å². The van der Waals surface area contributed by atoms with Gasteiger partial charge in [-0.1, -0.05) is 72.8 Å². The van der Waals surface area contributed by atoms with Crippen molar-refractivity contribution in [2.45, 2.75) is 12.5 Å². The third-order valence-electron chi connectivity index (χ3n) is 4.50. The molecule has 25 heavy (non-hydrogen) atoms. The van der Waals surface area contributed by atoms with Crippen LogP contribution in [0.3, 0.4) is 0 Å². The van der Waals surface area contributed by atoms with Gasteiger partial charge in [-0.05, 0) is 23.3 Å². The van der Waals surface area contributed by atoms with Gasteiger partial charge in [0.2, 0.25) is 0 Å². The van der Waals surface area contributed by atoms with Gasteiger partial charge in [0.05, 0.1) is 17.4 Å². The Kier molecular flexibility index (Phi) is 4.13. The number of benzene rings is 3. The fourth-order valence-electron chi connectivity index (χ4n) is 3.19. The number of nitrogens with zero attached hydrogens (tertiary/aromatic N) is 2. The summed E-state index contributed by atoms with van der Waals surface area (Å²) >= 11 is 0. The van der Waals surface area contributed by atoms with E-state index in [0.29, 0.717) is 5.56 Å². The molecule has 0 aromatic heterocycles. The smallest absolute Gasteiger partial charge is 0.150 e. The van der Waals surface area contributed by atoms with Gasteiger partial charge in [0.1, 0.15) is 6.29 Å². The van der Waals surface area contributed by atoms with Crippen LogP contribution in [0.4, 0.5) is 5.69 Å². The van der Waals surface area contributed by atoms with Crippen LogP contribution in [-0.2, 0) is 0 Å². The second-order valence-corrected chi connectivity index (χ2v) is 6.10. The van der Waals surface area contributed by atoms with E-state index in [1.807, 2.05) is 48.5 Å². The van der Waals surface area contributed by atoms with Gasteiger partial charge in [0.15, 0.2) is 0 Å². The Bertz CT molecular complexity index is 886. The SMILES string of the molecule is O=Cc1ccc(C2=NN(c3ccccc3)C(c3ccccc3)C2)cc1. The molecule has 0 saturated carbocycles. The predicted octanol–water partition coefficient (Wildman–Crippen LogP) is 4.85. The minimum atomic E-state index is 0.171. The largest absolute Gasteiger partial charge is 0.298 e. The molecule has 1 aliphatic rings. The van der Waals surface area contributed by atoms with Crippen molar-refractivity contribution >= 4 is 17.7 Å². The quantitative estimate of drug-likeness (QED) is 0.642. The van der Waals surface area contributed by atoms with Crippen molar-refractivity contribution in [2.75, 3.05) is 5.01 Å². The molecule has 0 N–H and O–H groups in total. The van der Waals surface area contributed by atoms with Crippen LogP contribution >= 0.6 is 0 Å². The lowest BCUT2D eigenvalue weighted by atomic mass is 9.98. The lowest BCUT2D eigenvalue weighted by molar-refractivity contribution is 0.112. The lowest BCUT2D eigenvalue weighted by Crippen LogP contribution is -2.18. The fourth-order valence-corrected chi connectivity index (χ4v) is 3.19. The van der Waals surface area contributed by atoms with Crippen LogP contribution in [-0.4, -0.2) is 12.0 Å². The number of para-hydroxylation sites is 1. The predicted molar refractivity (Wildman–Crippen MR) is 101 cm³/mol. The normalized spacial score (nSPS) is 16.6. The second-order valence-electron chi connectivity index (χ2n) is 6.10. The van der Waals surface area contributed by atoms with Crippen molar-refractivity contribution < 1.29 is 4.79 Å². The van der Waals surface area contributed by atoms with E-state index in [2.05, 4.69) is 41.4 Å². The van der Waals surface area contributed by atoms with Crippen molar-refractivity contribution in [3.63, 3.8) is 0 Å². The summed E-state index contributed by atoms with van der Waals surface area (Å²) in [6.45, 7) is 0. The first kappa shape index (κ1) is 15.3. The first-order valence-corrected chi connectivity index (χ1v) is 8.37. The van der Waals surface area contributed by atoms with Crippen molar-refractivity contribution in [1.29, 1.82) is 0 Å². The Morgan fingerprint density at radius 3 is 2.12 bits per heavy atom. The molecule has 3 aromatic carbocycles. The van der Waals surface area contributed by atoms with Crippen LogP contribution in [0.5, 0.6) is 0 Å². The molecule has 3 heteroatoms. The molecule has 1 aliphatic heterocycles. The van der Waals surface area contributed by atoms with Crippen molar-refractivity contribution in [2.24, 2.45) is 5.10 Å². The van der Waals surface area contributed by atoms with Gasteiger partial charge in [-0.3, -0.25) is 9.80 Å². The van der Waals surface area contributed by atoms with Crippen LogP contribution in [0.2, 0.25) is 0 Å². The molecule has 0 spiro atoms. The number of carbonyl (C=O) groups is 1. The molecule has 0 bridgehead atoms. The summed E-state index contributed by atoms with van der Waals surface area (Å²) in [5, 5.41) is 7.00. The molecular weight excluding hydrogens is 308 g/mol. The van der Waals surface area contributed by atoms with Gasteiger partial charge in [-0.15, -0.1) is 0 Å². The zero-order valence-electron chi connectivity index (χ0n) is 13.7. The monoisotopic (exact) mass is 326 g/mol. The number of rotatable bonds is 4. The van der Waals surface area contributed by atoms with Gasteiger partial charge in [-0.2, -0.15) is 5.10 Å². The summed E-state index contributed by atoms with van der Waals surface area (Å²) in [5.41, 5.74) is 5.10. The highest BCUT2D eigenvalue weighted by Crippen LogP contribution is 2.36. The van der Waals surface area contributed by atoms with Gasteiger partial charge >= 0.3 is 0 Å². The molecule has 1 unspecified atom stereocenters. The molecule has 0 fully saturated rings. The molecule has 0 aliphatic carbocycles. The summed E-state index contributed by atoms with van der Waals surface area (Å²) in [7, 11) is 0. The van der Waals surface area contributed by atoms with Crippen LogP contribution in [0.15, 0.2) is 90.0 Å². The van der Waals surface area contributed by atoms with Crippen molar-refractivity contribution in [3.05, 3.63) is 102 Å². The first-order valence-electron chi connectivity index (χ1n) is 8.37. The van der Waals surface area contributed by atoms with E-state index in [4.69, 9.17) is 5.10 Å². The Morgan fingerprint density at radius 2 is 1.48 bits per heavy atom. The third-order valence-corrected chi connectivity index (χ3v) is 4.50. The molecule has 3 aromatic rings. The highest BCUT2D eigenvalue weighted by Gasteiger charge is 2.29. The summed E-state index contributed by atoms with van der Waals surface area (Å²) in [6.07, 6.45) is 1.70. The number of hydrogen-bond acceptors (Lipinski definition) is 3. The van der Waals surface area contributed by atoms with Gasteiger partial charge < -0.3 is 0 Å². The van der Waals surface area contributed by atoms with E-state index < -0.39 is 0 Å². The Morgan fingerprint density at radius 1 is 0.840 bits per heavy atom. The maximum absolute atomic E-state index is 10.9. The first-order chi connectivity index (χ1) is 12.3. The van der Waals surface area contributed by atoms with Crippen LogP contribution in [0, 0.1) is 0 Å². The fraction of sp³-hybridized carbons (Fsp3) is 0.0909. The number of carbonyl (C=O) groups excluding carboxylic acids is 1. The zero-order chi connectivity index (χ0) is 17.1. The van der Waals surface area contributed by atoms with Crippen molar-refractivity contribution in [3.8, 4) is 0 Å². The summed E-state index contributed by atoms with van der Waals surface area (Å²) in [6, 6.07) is 28.5. The highest BCUT2D eigenvalue weighted by atomic mass is 16.1. The summed E-state index contributed by atoms with van der Waals surface area (Å²) in [4.78, 5) is 10.9. The van der Waals surface area contributed by atoms with E-state index in [1.165, 1.54) is 5.56 Å². The minimum absolute atomic E-state index is 0.171. The molecule has 3 nitrogen and oxygen atoms in total. The molecule has 122 valence electrons. The summed E-state index contributed by atoms with van der Waals surface area (Å²) in [5.74, 6) is 0. The topological polar surface area (TPSA) is 32.7 Å². The molecule has 1 atom stereocenters. The number of aldehydes is 1. The van der Waals surface area contributed by atoms with E-state index in [-0.39, 0.29) is 6.04 Å². The number of hydrogen-bond donors (Lipinski definition) is 0.